The van der Waals surface area contributed by atoms with E-state index in [9.17, 15) is 0 Å². The molecule has 1 aliphatic rings. The maximum atomic E-state index is 5.95. The molecule has 2 aromatic heterocycles. The molecule has 0 radical (unpaired) electrons. The first-order chi connectivity index (χ1) is 10.3. The summed E-state index contributed by atoms with van der Waals surface area (Å²) in [5.41, 5.74) is 0.705. The van der Waals surface area contributed by atoms with Gasteiger partial charge < -0.3 is 9.47 Å². The van der Waals surface area contributed by atoms with Gasteiger partial charge in [0.25, 0.3) is 0 Å². The van der Waals surface area contributed by atoms with Crippen LogP contribution in [0.15, 0.2) is 12.1 Å². The van der Waals surface area contributed by atoms with E-state index in [0.29, 0.717) is 30.0 Å². The van der Waals surface area contributed by atoms with Gasteiger partial charge in [0.2, 0.25) is 0 Å². The fourth-order valence-corrected chi connectivity index (χ4v) is 2.65. The molecule has 0 amide bonds. The van der Waals surface area contributed by atoms with Crippen LogP contribution >= 0.6 is 11.6 Å². The number of aromatic nitrogens is 4. The van der Waals surface area contributed by atoms with Crippen molar-refractivity contribution in [1.29, 1.82) is 0 Å². The van der Waals surface area contributed by atoms with Crippen LogP contribution in [0.2, 0.25) is 5.15 Å². The van der Waals surface area contributed by atoms with Crippen LogP contribution in [0.5, 0.6) is 0 Å². The highest BCUT2D eigenvalue weighted by Gasteiger charge is 2.24. The summed E-state index contributed by atoms with van der Waals surface area (Å²) in [4.78, 5) is 2.33. The summed E-state index contributed by atoms with van der Waals surface area (Å²) in [5.74, 6) is 0.789. The minimum Gasteiger partial charge on any atom is -0.385 e. The molecule has 8 heteroatoms. The molecule has 0 saturated carbocycles. The van der Waals surface area contributed by atoms with Crippen LogP contribution in [0, 0.1) is 0 Å². The molecule has 1 unspecified atom stereocenters. The van der Waals surface area contributed by atoms with Gasteiger partial charge in [-0.25, -0.2) is 0 Å². The summed E-state index contributed by atoms with van der Waals surface area (Å²) < 4.78 is 12.4. The minimum absolute atomic E-state index is 0.324. The van der Waals surface area contributed by atoms with Crippen molar-refractivity contribution in [2.45, 2.75) is 19.0 Å². The SMILES string of the molecule is COCCC1COCCN1Cc1nnc2ccc(Cl)nn12. The molecule has 0 aromatic carbocycles. The Balaban J connectivity index is 1.77. The first kappa shape index (κ1) is 14.6. The summed E-state index contributed by atoms with van der Waals surface area (Å²) in [6.45, 7) is 3.70. The maximum Gasteiger partial charge on any atom is 0.178 e. The summed E-state index contributed by atoms with van der Waals surface area (Å²) in [6, 6.07) is 3.85. The lowest BCUT2D eigenvalue weighted by Crippen LogP contribution is -2.45. The maximum absolute atomic E-state index is 5.95. The Morgan fingerprint density at radius 2 is 2.33 bits per heavy atom. The summed E-state index contributed by atoms with van der Waals surface area (Å²) in [7, 11) is 1.71. The van der Waals surface area contributed by atoms with E-state index in [1.54, 1.807) is 17.7 Å². The molecule has 0 spiro atoms. The van der Waals surface area contributed by atoms with Gasteiger partial charge in [-0.2, -0.15) is 9.61 Å². The highest BCUT2D eigenvalue weighted by Crippen LogP contribution is 2.15. The lowest BCUT2D eigenvalue weighted by molar-refractivity contribution is -0.0231. The van der Waals surface area contributed by atoms with Crippen LogP contribution in [-0.2, 0) is 16.0 Å². The Morgan fingerprint density at radius 3 is 3.19 bits per heavy atom. The average Bonchev–Trinajstić information content (AvgIpc) is 2.89. The predicted molar refractivity (Wildman–Crippen MR) is 77.3 cm³/mol. The monoisotopic (exact) mass is 311 g/mol. The van der Waals surface area contributed by atoms with Crippen LogP contribution in [0.25, 0.3) is 5.65 Å². The number of morpholine rings is 1. The van der Waals surface area contributed by atoms with E-state index in [-0.39, 0.29) is 0 Å². The van der Waals surface area contributed by atoms with Crippen molar-refractivity contribution in [3.8, 4) is 0 Å². The molecule has 3 heterocycles. The van der Waals surface area contributed by atoms with E-state index < -0.39 is 0 Å². The zero-order valence-electron chi connectivity index (χ0n) is 11.9. The minimum atomic E-state index is 0.324. The van der Waals surface area contributed by atoms with Crippen LogP contribution in [-0.4, -0.2) is 64.2 Å². The van der Waals surface area contributed by atoms with Gasteiger partial charge in [0.15, 0.2) is 11.5 Å². The predicted octanol–water partition coefficient (Wildman–Crippen LogP) is 1.01. The molecule has 0 N–H and O–H groups in total. The number of rotatable bonds is 5. The Labute approximate surface area is 127 Å². The molecule has 2 aromatic rings. The van der Waals surface area contributed by atoms with Crippen LogP contribution in [0.3, 0.4) is 0 Å². The lowest BCUT2D eigenvalue weighted by atomic mass is 10.1. The lowest BCUT2D eigenvalue weighted by Gasteiger charge is -2.34. The zero-order chi connectivity index (χ0) is 14.7. The zero-order valence-corrected chi connectivity index (χ0v) is 12.7. The third-order valence-corrected chi connectivity index (χ3v) is 3.85. The fourth-order valence-electron chi connectivity index (χ4n) is 2.51. The smallest absolute Gasteiger partial charge is 0.178 e. The van der Waals surface area contributed by atoms with Crippen molar-refractivity contribution in [1.82, 2.24) is 24.7 Å². The van der Waals surface area contributed by atoms with Gasteiger partial charge in [-0.15, -0.1) is 10.2 Å². The van der Waals surface area contributed by atoms with Gasteiger partial charge in [0.05, 0.1) is 19.8 Å². The molecule has 1 fully saturated rings. The first-order valence-electron chi connectivity index (χ1n) is 6.95. The van der Waals surface area contributed by atoms with Gasteiger partial charge in [-0.05, 0) is 18.6 Å². The molecule has 1 atom stereocenters. The topological polar surface area (TPSA) is 64.8 Å². The van der Waals surface area contributed by atoms with Crippen LogP contribution < -0.4 is 0 Å². The van der Waals surface area contributed by atoms with Crippen molar-refractivity contribution >= 4 is 17.2 Å². The van der Waals surface area contributed by atoms with Crippen molar-refractivity contribution in [2.24, 2.45) is 0 Å². The van der Waals surface area contributed by atoms with Crippen LogP contribution in [0.1, 0.15) is 12.2 Å². The summed E-state index contributed by atoms with van der Waals surface area (Å²) in [5, 5.41) is 13.0. The third-order valence-electron chi connectivity index (χ3n) is 3.64. The van der Waals surface area contributed by atoms with Gasteiger partial charge in [-0.1, -0.05) is 11.6 Å². The Morgan fingerprint density at radius 1 is 1.43 bits per heavy atom. The molecule has 1 aliphatic heterocycles. The molecule has 7 nitrogen and oxygen atoms in total. The van der Waals surface area contributed by atoms with Crippen LogP contribution in [0.4, 0.5) is 0 Å². The Hall–Kier alpha value is -1.28. The molecule has 0 bridgehead atoms. The Kier molecular flexibility index (Phi) is 4.64. The molecule has 0 aliphatic carbocycles. The third kappa shape index (κ3) is 3.32. The first-order valence-corrected chi connectivity index (χ1v) is 7.33. The molecule has 1 saturated heterocycles. The molecule has 21 heavy (non-hydrogen) atoms. The second kappa shape index (κ2) is 6.65. The van der Waals surface area contributed by atoms with Crippen molar-refractivity contribution in [3.63, 3.8) is 0 Å². The Bertz CT molecular complexity index is 605. The van der Waals surface area contributed by atoms with E-state index in [0.717, 1.165) is 32.0 Å². The quantitative estimate of drug-likeness (QED) is 0.821. The van der Waals surface area contributed by atoms with E-state index >= 15 is 0 Å². The van der Waals surface area contributed by atoms with Gasteiger partial charge in [0, 0.05) is 26.3 Å². The number of nitrogens with zero attached hydrogens (tertiary/aromatic N) is 5. The standard InChI is InChI=1S/C13H18ClN5O2/c1-20-6-4-10-9-21-7-5-18(10)8-13-16-15-12-3-2-11(14)17-19(12)13/h2-3,10H,4-9H2,1H3. The van der Waals surface area contributed by atoms with Crippen molar-refractivity contribution in [2.75, 3.05) is 33.5 Å². The van der Waals surface area contributed by atoms with Gasteiger partial charge >= 0.3 is 0 Å². The highest BCUT2D eigenvalue weighted by atomic mass is 35.5. The van der Waals surface area contributed by atoms with Crippen molar-refractivity contribution < 1.29 is 9.47 Å². The average molecular weight is 312 g/mol. The summed E-state index contributed by atoms with van der Waals surface area (Å²) in [6.07, 6.45) is 0.932. The number of hydrogen-bond donors (Lipinski definition) is 0. The van der Waals surface area contributed by atoms with Crippen molar-refractivity contribution in [3.05, 3.63) is 23.1 Å². The summed E-state index contributed by atoms with van der Waals surface area (Å²) >= 11 is 5.95. The molecule has 114 valence electrons. The number of fused-ring (bicyclic) bond motifs is 1. The molecular formula is C13H18ClN5O2. The van der Waals surface area contributed by atoms with E-state index in [1.807, 2.05) is 6.07 Å². The number of ether oxygens (including phenoxy) is 2. The normalized spacial score (nSPS) is 20.2. The second-order valence-corrected chi connectivity index (χ2v) is 5.41. The highest BCUT2D eigenvalue weighted by molar-refractivity contribution is 6.29. The van der Waals surface area contributed by atoms with Gasteiger partial charge in [-0.3, -0.25) is 4.90 Å². The molecule has 3 rings (SSSR count). The number of methoxy groups -OCH3 is 1. The fraction of sp³-hybridized carbons (Fsp3) is 0.615. The van der Waals surface area contributed by atoms with E-state index in [4.69, 9.17) is 21.1 Å². The van der Waals surface area contributed by atoms with E-state index in [1.165, 1.54) is 0 Å². The number of hydrogen-bond acceptors (Lipinski definition) is 6. The largest absolute Gasteiger partial charge is 0.385 e. The second-order valence-electron chi connectivity index (χ2n) is 5.02. The number of halogens is 1. The van der Waals surface area contributed by atoms with E-state index in [2.05, 4.69) is 20.2 Å². The molecular weight excluding hydrogens is 294 g/mol. The van der Waals surface area contributed by atoms with Gasteiger partial charge in [0.1, 0.15) is 5.15 Å².